The van der Waals surface area contributed by atoms with Crippen LogP contribution in [0, 0.1) is 20.8 Å². The molecule has 2 aromatic rings. The van der Waals surface area contributed by atoms with E-state index >= 15 is 0 Å². The highest BCUT2D eigenvalue weighted by Crippen LogP contribution is 2.29. The Morgan fingerprint density at radius 1 is 1.10 bits per heavy atom. The molecular weight excluding hydrogens is 368 g/mol. The molecule has 2 aromatic carbocycles. The number of hydrogen-bond acceptors (Lipinski definition) is 4. The Morgan fingerprint density at radius 2 is 1.76 bits per heavy atom. The van der Waals surface area contributed by atoms with E-state index in [9.17, 15) is 14.4 Å². The maximum Gasteiger partial charge on any atom is 0.244 e. The molecule has 1 aliphatic heterocycles. The van der Waals surface area contributed by atoms with Gasteiger partial charge in [0.1, 0.15) is 6.54 Å². The summed E-state index contributed by atoms with van der Waals surface area (Å²) >= 11 is 0. The van der Waals surface area contributed by atoms with Crippen LogP contribution >= 0.6 is 0 Å². The van der Waals surface area contributed by atoms with Crippen LogP contribution < -0.4 is 15.5 Å². The summed E-state index contributed by atoms with van der Waals surface area (Å²) < 4.78 is 0. The largest absolute Gasteiger partial charge is 0.324 e. The standard InChI is InChI=1S/C22H26N4O3/c1-14-9-15(2)22(16(3)10-14)24-19(27)11-25(4)13-21(29)26-12-20(28)23-17-7-5-6-8-18(17)26/h5-10H,11-13H2,1-4H3,(H,23,28)(H,24,27). The summed E-state index contributed by atoms with van der Waals surface area (Å²) in [7, 11) is 1.71. The first-order valence-corrected chi connectivity index (χ1v) is 9.50. The lowest BCUT2D eigenvalue weighted by atomic mass is 10.1. The molecule has 0 aliphatic carbocycles. The lowest BCUT2D eigenvalue weighted by molar-refractivity contribution is -0.123. The Labute approximate surface area is 170 Å². The normalized spacial score (nSPS) is 13.1. The molecule has 3 rings (SSSR count). The van der Waals surface area contributed by atoms with Crippen LogP contribution in [0.1, 0.15) is 16.7 Å². The third-order valence-corrected chi connectivity index (χ3v) is 4.83. The molecular formula is C22H26N4O3. The molecule has 0 radical (unpaired) electrons. The minimum Gasteiger partial charge on any atom is -0.324 e. The fraction of sp³-hybridized carbons (Fsp3) is 0.318. The molecule has 0 spiro atoms. The van der Waals surface area contributed by atoms with Crippen LogP contribution in [0.4, 0.5) is 17.1 Å². The summed E-state index contributed by atoms with van der Waals surface area (Å²) in [5.41, 5.74) is 5.24. The zero-order valence-electron chi connectivity index (χ0n) is 17.2. The SMILES string of the molecule is Cc1cc(C)c(NC(=O)CN(C)CC(=O)N2CC(=O)Nc3ccccc32)c(C)c1. The minimum absolute atomic E-state index is 0.0287. The molecule has 29 heavy (non-hydrogen) atoms. The van der Waals surface area contributed by atoms with Gasteiger partial charge in [-0.3, -0.25) is 24.2 Å². The molecule has 0 bridgehead atoms. The summed E-state index contributed by atoms with van der Waals surface area (Å²) in [5, 5.41) is 5.70. The van der Waals surface area contributed by atoms with E-state index in [-0.39, 0.29) is 37.4 Å². The van der Waals surface area contributed by atoms with Gasteiger partial charge in [-0.25, -0.2) is 0 Å². The van der Waals surface area contributed by atoms with Crippen LogP contribution in [0.5, 0.6) is 0 Å². The Kier molecular flexibility index (Phi) is 5.98. The lowest BCUT2D eigenvalue weighted by Crippen LogP contribution is -2.47. The van der Waals surface area contributed by atoms with Gasteiger partial charge in [-0.2, -0.15) is 0 Å². The molecule has 7 nitrogen and oxygen atoms in total. The van der Waals surface area contributed by atoms with E-state index in [2.05, 4.69) is 10.6 Å². The average molecular weight is 394 g/mol. The van der Waals surface area contributed by atoms with Crippen LogP contribution in [0.3, 0.4) is 0 Å². The molecule has 1 aliphatic rings. The highest BCUT2D eigenvalue weighted by Gasteiger charge is 2.27. The second kappa shape index (κ2) is 8.45. The van der Waals surface area contributed by atoms with Gasteiger partial charge >= 0.3 is 0 Å². The Morgan fingerprint density at radius 3 is 2.45 bits per heavy atom. The van der Waals surface area contributed by atoms with Crippen molar-refractivity contribution in [2.24, 2.45) is 0 Å². The molecule has 0 fully saturated rings. The van der Waals surface area contributed by atoms with Gasteiger partial charge in [0.05, 0.1) is 24.5 Å². The van der Waals surface area contributed by atoms with E-state index in [1.54, 1.807) is 30.1 Å². The van der Waals surface area contributed by atoms with E-state index in [0.29, 0.717) is 11.4 Å². The topological polar surface area (TPSA) is 81.8 Å². The first-order valence-electron chi connectivity index (χ1n) is 9.50. The summed E-state index contributed by atoms with van der Waals surface area (Å²) in [6.07, 6.45) is 0. The van der Waals surface area contributed by atoms with Gasteiger partial charge in [-0.05, 0) is 51.1 Å². The molecule has 0 aromatic heterocycles. The van der Waals surface area contributed by atoms with Crippen LogP contribution in [0.15, 0.2) is 36.4 Å². The number of fused-ring (bicyclic) bond motifs is 1. The van der Waals surface area contributed by atoms with E-state index in [1.807, 2.05) is 39.0 Å². The second-order valence-corrected chi connectivity index (χ2v) is 7.54. The predicted octanol–water partition coefficient (Wildman–Crippen LogP) is 2.47. The highest BCUT2D eigenvalue weighted by molar-refractivity contribution is 6.10. The number of likely N-dealkylation sites (N-methyl/N-ethyl adjacent to an activating group) is 1. The van der Waals surface area contributed by atoms with Gasteiger partial charge in [0.2, 0.25) is 17.7 Å². The molecule has 152 valence electrons. The van der Waals surface area contributed by atoms with Crippen LogP contribution in [-0.2, 0) is 14.4 Å². The number of hydrogen-bond donors (Lipinski definition) is 2. The number of amides is 3. The van der Waals surface area contributed by atoms with Gasteiger partial charge in [0.15, 0.2) is 0 Å². The maximum atomic E-state index is 12.8. The third kappa shape index (κ3) is 4.81. The number of rotatable bonds is 5. The van der Waals surface area contributed by atoms with Crippen molar-refractivity contribution in [2.75, 3.05) is 42.2 Å². The minimum atomic E-state index is -0.234. The van der Waals surface area contributed by atoms with Crippen molar-refractivity contribution in [3.8, 4) is 0 Å². The summed E-state index contributed by atoms with van der Waals surface area (Å²) in [4.78, 5) is 40.3. The fourth-order valence-electron chi connectivity index (χ4n) is 3.63. The van der Waals surface area contributed by atoms with E-state index in [1.165, 1.54) is 4.90 Å². The zero-order valence-corrected chi connectivity index (χ0v) is 17.2. The fourth-order valence-corrected chi connectivity index (χ4v) is 3.63. The third-order valence-electron chi connectivity index (χ3n) is 4.83. The van der Waals surface area contributed by atoms with Crippen molar-refractivity contribution in [3.05, 3.63) is 53.1 Å². The van der Waals surface area contributed by atoms with Gasteiger partial charge < -0.3 is 10.6 Å². The molecule has 0 unspecified atom stereocenters. The first-order chi connectivity index (χ1) is 13.7. The monoisotopic (exact) mass is 394 g/mol. The number of nitrogens with one attached hydrogen (secondary N) is 2. The lowest BCUT2D eigenvalue weighted by Gasteiger charge is -2.30. The highest BCUT2D eigenvalue weighted by atomic mass is 16.2. The van der Waals surface area contributed by atoms with Crippen molar-refractivity contribution in [3.63, 3.8) is 0 Å². The van der Waals surface area contributed by atoms with Crippen molar-refractivity contribution >= 4 is 34.8 Å². The Bertz CT molecular complexity index is 947. The zero-order chi connectivity index (χ0) is 21.1. The molecule has 0 saturated carbocycles. The molecule has 3 amide bonds. The number of aryl methyl sites for hydroxylation is 3. The van der Waals surface area contributed by atoms with Gasteiger partial charge in [0.25, 0.3) is 0 Å². The quantitative estimate of drug-likeness (QED) is 0.816. The van der Waals surface area contributed by atoms with Crippen LogP contribution in [0.2, 0.25) is 0 Å². The van der Waals surface area contributed by atoms with E-state index < -0.39 is 0 Å². The van der Waals surface area contributed by atoms with Gasteiger partial charge in [-0.15, -0.1) is 0 Å². The molecule has 1 heterocycles. The summed E-state index contributed by atoms with van der Waals surface area (Å²) in [5.74, 6) is -0.653. The number of para-hydroxylation sites is 2. The first kappa shape index (κ1) is 20.5. The molecule has 7 heteroatoms. The Balaban J connectivity index is 1.62. The smallest absolute Gasteiger partial charge is 0.244 e. The van der Waals surface area contributed by atoms with E-state index in [4.69, 9.17) is 0 Å². The van der Waals surface area contributed by atoms with Gasteiger partial charge in [-0.1, -0.05) is 29.8 Å². The van der Waals surface area contributed by atoms with Crippen LogP contribution in [0.25, 0.3) is 0 Å². The van der Waals surface area contributed by atoms with E-state index in [0.717, 1.165) is 22.4 Å². The second-order valence-electron chi connectivity index (χ2n) is 7.54. The molecule has 0 atom stereocenters. The predicted molar refractivity (Wildman–Crippen MR) is 114 cm³/mol. The number of carbonyl (C=O) groups excluding carboxylic acids is 3. The number of benzene rings is 2. The number of nitrogens with zero attached hydrogens (tertiary/aromatic N) is 2. The summed E-state index contributed by atoms with van der Waals surface area (Å²) in [6, 6.07) is 11.2. The number of anilines is 3. The Hall–Kier alpha value is -3.19. The van der Waals surface area contributed by atoms with Crippen molar-refractivity contribution in [1.82, 2.24) is 4.90 Å². The maximum absolute atomic E-state index is 12.8. The van der Waals surface area contributed by atoms with Gasteiger partial charge in [0, 0.05) is 5.69 Å². The summed E-state index contributed by atoms with van der Waals surface area (Å²) in [6.45, 7) is 6.01. The molecule has 2 N–H and O–H groups in total. The number of carbonyl (C=O) groups is 3. The van der Waals surface area contributed by atoms with Crippen molar-refractivity contribution in [1.29, 1.82) is 0 Å². The van der Waals surface area contributed by atoms with Crippen LogP contribution in [-0.4, -0.2) is 49.3 Å². The average Bonchev–Trinajstić information content (AvgIpc) is 2.63. The molecule has 0 saturated heterocycles. The van der Waals surface area contributed by atoms with Crippen molar-refractivity contribution < 1.29 is 14.4 Å². The van der Waals surface area contributed by atoms with Crippen molar-refractivity contribution in [2.45, 2.75) is 20.8 Å².